The van der Waals surface area contributed by atoms with E-state index in [4.69, 9.17) is 9.84 Å². The van der Waals surface area contributed by atoms with Gasteiger partial charge in [0.1, 0.15) is 11.8 Å². The third-order valence-electron chi connectivity index (χ3n) is 4.37. The van der Waals surface area contributed by atoms with Crippen LogP contribution in [0.25, 0.3) is 0 Å². The second kappa shape index (κ2) is 7.82. The van der Waals surface area contributed by atoms with Crippen molar-refractivity contribution in [3.63, 3.8) is 0 Å². The van der Waals surface area contributed by atoms with Crippen molar-refractivity contribution >= 4 is 17.7 Å². The first-order valence-corrected chi connectivity index (χ1v) is 8.41. The van der Waals surface area contributed by atoms with Crippen molar-refractivity contribution in [2.75, 3.05) is 13.2 Å². The van der Waals surface area contributed by atoms with Gasteiger partial charge < -0.3 is 14.7 Å². The maximum Gasteiger partial charge on any atom is 0.326 e. The number of benzene rings is 2. The number of ether oxygens (including phenoxy) is 1. The minimum Gasteiger partial charge on any atom is -0.484 e. The average molecular weight is 353 g/mol. The van der Waals surface area contributed by atoms with Crippen LogP contribution in [0.3, 0.4) is 0 Å². The molecule has 3 rings (SSSR count). The summed E-state index contributed by atoms with van der Waals surface area (Å²) >= 11 is 0. The highest BCUT2D eigenvalue weighted by atomic mass is 16.5. The molecule has 134 valence electrons. The summed E-state index contributed by atoms with van der Waals surface area (Å²) in [6, 6.07) is 14.7. The first kappa shape index (κ1) is 17.7. The Kier molecular flexibility index (Phi) is 5.31. The van der Waals surface area contributed by atoms with E-state index in [1.807, 2.05) is 6.07 Å². The molecule has 6 nitrogen and oxygen atoms in total. The lowest BCUT2D eigenvalue weighted by atomic mass is 10.0. The Morgan fingerprint density at radius 2 is 1.65 bits per heavy atom. The van der Waals surface area contributed by atoms with Gasteiger partial charge in [0.15, 0.2) is 12.4 Å². The van der Waals surface area contributed by atoms with E-state index in [9.17, 15) is 14.4 Å². The molecule has 0 unspecified atom stereocenters. The zero-order valence-corrected chi connectivity index (χ0v) is 14.1. The van der Waals surface area contributed by atoms with Gasteiger partial charge in [0.25, 0.3) is 5.91 Å². The van der Waals surface area contributed by atoms with Crippen molar-refractivity contribution in [3.8, 4) is 5.75 Å². The molecule has 0 bridgehead atoms. The Morgan fingerprint density at radius 3 is 2.31 bits per heavy atom. The summed E-state index contributed by atoms with van der Waals surface area (Å²) in [5, 5.41) is 9.13. The summed E-state index contributed by atoms with van der Waals surface area (Å²) < 4.78 is 5.45. The van der Waals surface area contributed by atoms with Crippen molar-refractivity contribution in [2.24, 2.45) is 0 Å². The van der Waals surface area contributed by atoms with Crippen LogP contribution in [0.15, 0.2) is 54.6 Å². The number of nitrogens with zero attached hydrogens (tertiary/aromatic N) is 1. The predicted molar refractivity (Wildman–Crippen MR) is 94.2 cm³/mol. The topological polar surface area (TPSA) is 83.9 Å². The standard InChI is InChI=1S/C20H19NO5/c22-18(21-12-4-7-17(21)20(24)25)13-26-16-10-8-15(9-11-16)19(23)14-5-2-1-3-6-14/h1-3,5-6,8-11,17H,4,7,12-13H2,(H,24,25)/t17-/m1/s1. The van der Waals surface area contributed by atoms with Gasteiger partial charge in [-0.2, -0.15) is 0 Å². The van der Waals surface area contributed by atoms with E-state index in [0.717, 1.165) is 0 Å². The van der Waals surface area contributed by atoms with Gasteiger partial charge in [-0.15, -0.1) is 0 Å². The summed E-state index contributed by atoms with van der Waals surface area (Å²) in [6.07, 6.45) is 1.15. The number of likely N-dealkylation sites (tertiary alicyclic amines) is 1. The Hall–Kier alpha value is -3.15. The van der Waals surface area contributed by atoms with Gasteiger partial charge in [-0.25, -0.2) is 4.79 Å². The van der Waals surface area contributed by atoms with E-state index in [0.29, 0.717) is 36.3 Å². The molecule has 0 spiro atoms. The molecule has 1 aliphatic heterocycles. The third kappa shape index (κ3) is 3.91. The number of hydrogen-bond donors (Lipinski definition) is 1. The minimum absolute atomic E-state index is 0.0883. The largest absolute Gasteiger partial charge is 0.484 e. The molecule has 1 atom stereocenters. The monoisotopic (exact) mass is 353 g/mol. The molecule has 0 saturated carbocycles. The second-order valence-corrected chi connectivity index (χ2v) is 6.09. The van der Waals surface area contributed by atoms with Crippen LogP contribution in [0.2, 0.25) is 0 Å². The minimum atomic E-state index is -0.986. The maximum atomic E-state index is 12.3. The van der Waals surface area contributed by atoms with Gasteiger partial charge in [-0.3, -0.25) is 9.59 Å². The first-order valence-electron chi connectivity index (χ1n) is 8.41. The Bertz CT molecular complexity index is 801. The number of amides is 1. The quantitative estimate of drug-likeness (QED) is 0.806. The van der Waals surface area contributed by atoms with Crippen molar-refractivity contribution in [3.05, 3.63) is 65.7 Å². The summed E-state index contributed by atoms with van der Waals surface area (Å²) in [4.78, 5) is 37.0. The van der Waals surface area contributed by atoms with Crippen LogP contribution >= 0.6 is 0 Å². The van der Waals surface area contributed by atoms with Gasteiger partial charge in [-0.1, -0.05) is 30.3 Å². The molecule has 26 heavy (non-hydrogen) atoms. The molecule has 1 heterocycles. The van der Waals surface area contributed by atoms with E-state index < -0.39 is 12.0 Å². The van der Waals surface area contributed by atoms with Crippen molar-refractivity contribution in [1.29, 1.82) is 0 Å². The SMILES string of the molecule is O=C(c1ccccc1)c1ccc(OCC(=O)N2CCC[C@@H]2C(=O)O)cc1. The van der Waals surface area contributed by atoms with Gasteiger partial charge in [0.05, 0.1) is 0 Å². The number of ketones is 1. The highest BCUT2D eigenvalue weighted by Gasteiger charge is 2.33. The highest BCUT2D eigenvalue weighted by molar-refractivity contribution is 6.09. The fraction of sp³-hybridized carbons (Fsp3) is 0.250. The fourth-order valence-electron chi connectivity index (χ4n) is 3.01. The lowest BCUT2D eigenvalue weighted by Crippen LogP contribution is -2.42. The molecule has 1 saturated heterocycles. The average Bonchev–Trinajstić information content (AvgIpc) is 3.17. The van der Waals surface area contributed by atoms with Crippen LogP contribution in [0.5, 0.6) is 5.75 Å². The highest BCUT2D eigenvalue weighted by Crippen LogP contribution is 2.19. The van der Waals surface area contributed by atoms with E-state index in [1.165, 1.54) is 4.90 Å². The number of aliphatic carboxylic acids is 1. The van der Waals surface area contributed by atoms with E-state index in [1.54, 1.807) is 48.5 Å². The molecule has 6 heteroatoms. The molecular formula is C20H19NO5. The summed E-state index contributed by atoms with van der Waals surface area (Å²) in [5.41, 5.74) is 1.13. The summed E-state index contributed by atoms with van der Waals surface area (Å²) in [7, 11) is 0. The third-order valence-corrected chi connectivity index (χ3v) is 4.37. The molecular weight excluding hydrogens is 334 g/mol. The molecule has 1 aliphatic rings. The van der Waals surface area contributed by atoms with E-state index in [2.05, 4.69) is 0 Å². The molecule has 2 aromatic rings. The normalized spacial score (nSPS) is 16.3. The fourth-order valence-corrected chi connectivity index (χ4v) is 3.01. The smallest absolute Gasteiger partial charge is 0.326 e. The lowest BCUT2D eigenvalue weighted by Gasteiger charge is -2.21. The van der Waals surface area contributed by atoms with Crippen molar-refractivity contribution in [2.45, 2.75) is 18.9 Å². The van der Waals surface area contributed by atoms with E-state index >= 15 is 0 Å². The molecule has 0 aliphatic carbocycles. The molecule has 1 N–H and O–H groups in total. The molecule has 0 radical (unpaired) electrons. The maximum absolute atomic E-state index is 12.3. The second-order valence-electron chi connectivity index (χ2n) is 6.09. The number of carbonyl (C=O) groups is 3. The Morgan fingerprint density at radius 1 is 1.00 bits per heavy atom. The molecule has 0 aromatic heterocycles. The van der Waals surface area contributed by atoms with E-state index in [-0.39, 0.29) is 18.3 Å². The van der Waals surface area contributed by atoms with Crippen LogP contribution in [0.1, 0.15) is 28.8 Å². The zero-order valence-electron chi connectivity index (χ0n) is 14.1. The van der Waals surface area contributed by atoms with Crippen molar-refractivity contribution in [1.82, 2.24) is 4.90 Å². The predicted octanol–water partition coefficient (Wildman–Crippen LogP) is 2.37. The Balaban J connectivity index is 1.59. The number of carboxylic acid groups (broad SMARTS) is 1. The number of hydrogen-bond acceptors (Lipinski definition) is 4. The number of carboxylic acids is 1. The lowest BCUT2D eigenvalue weighted by molar-refractivity contribution is -0.148. The van der Waals surface area contributed by atoms with Crippen LogP contribution in [0.4, 0.5) is 0 Å². The van der Waals surface area contributed by atoms with Crippen LogP contribution in [-0.2, 0) is 9.59 Å². The number of rotatable bonds is 6. The van der Waals surface area contributed by atoms with Gasteiger partial charge >= 0.3 is 5.97 Å². The van der Waals surface area contributed by atoms with Gasteiger partial charge in [-0.05, 0) is 37.1 Å². The van der Waals surface area contributed by atoms with Crippen LogP contribution in [0, 0.1) is 0 Å². The first-order chi connectivity index (χ1) is 12.6. The molecule has 2 aromatic carbocycles. The van der Waals surface area contributed by atoms with Gasteiger partial charge in [0.2, 0.25) is 0 Å². The zero-order chi connectivity index (χ0) is 18.5. The van der Waals surface area contributed by atoms with Crippen molar-refractivity contribution < 1.29 is 24.2 Å². The summed E-state index contributed by atoms with van der Waals surface area (Å²) in [5.74, 6) is -0.970. The van der Waals surface area contributed by atoms with Crippen LogP contribution < -0.4 is 4.74 Å². The Labute approximate surface area is 151 Å². The molecule has 1 fully saturated rings. The van der Waals surface area contributed by atoms with Gasteiger partial charge in [0, 0.05) is 17.7 Å². The summed E-state index contributed by atoms with van der Waals surface area (Å²) in [6.45, 7) is 0.208. The number of carbonyl (C=O) groups excluding carboxylic acids is 2. The molecule has 1 amide bonds. The van der Waals surface area contributed by atoms with Crippen LogP contribution in [-0.4, -0.2) is 46.9 Å².